The second-order valence-corrected chi connectivity index (χ2v) is 7.59. The van der Waals surface area contributed by atoms with E-state index < -0.39 is 15.9 Å². The number of benzene rings is 1. The first-order valence-corrected chi connectivity index (χ1v) is 8.60. The van der Waals surface area contributed by atoms with Crippen LogP contribution in [0.2, 0.25) is 0 Å². The van der Waals surface area contributed by atoms with Crippen LogP contribution in [0.25, 0.3) is 0 Å². The largest absolute Gasteiger partial charge is 0.389 e. The molecule has 112 valence electrons. The van der Waals surface area contributed by atoms with Crippen LogP contribution in [0.1, 0.15) is 17.2 Å². The van der Waals surface area contributed by atoms with E-state index in [2.05, 4.69) is 0 Å². The summed E-state index contributed by atoms with van der Waals surface area (Å²) in [6.07, 6.45) is 0.520. The fourth-order valence-electron chi connectivity index (χ4n) is 1.68. The Hall–Kier alpha value is -1.02. The van der Waals surface area contributed by atoms with Gasteiger partial charge in [-0.3, -0.25) is 0 Å². The zero-order valence-corrected chi connectivity index (χ0v) is 13.2. The molecule has 3 N–H and O–H groups in total. The minimum absolute atomic E-state index is 0.0800. The van der Waals surface area contributed by atoms with Crippen LogP contribution in [0, 0.1) is 0 Å². The molecule has 1 aromatic carbocycles. The van der Waals surface area contributed by atoms with Crippen LogP contribution in [-0.4, -0.2) is 55.6 Å². The molecule has 0 heterocycles. The predicted octanol–water partition coefficient (Wildman–Crippen LogP) is 0.331. The maximum atomic E-state index is 11.1. The second-order valence-electron chi connectivity index (χ2n) is 4.89. The monoisotopic (exact) mass is 316 g/mol. The lowest BCUT2D eigenvalue weighted by atomic mass is 10.1. The maximum Gasteiger partial charge on any atom is 0.148 e. The van der Waals surface area contributed by atoms with Gasteiger partial charge in [-0.25, -0.2) is 8.42 Å². The normalized spacial score (nSPS) is 13.4. The van der Waals surface area contributed by atoms with Crippen molar-refractivity contribution < 1.29 is 13.5 Å². The van der Waals surface area contributed by atoms with Gasteiger partial charge in [0.25, 0.3) is 0 Å². The van der Waals surface area contributed by atoms with Gasteiger partial charge in [0.15, 0.2) is 0 Å². The van der Waals surface area contributed by atoms with E-state index >= 15 is 0 Å². The third kappa shape index (κ3) is 5.96. The molecule has 1 aromatic rings. The number of aliphatic hydroxyl groups is 1. The third-order valence-corrected chi connectivity index (χ3v) is 4.07. The highest BCUT2D eigenvalue weighted by Crippen LogP contribution is 2.15. The van der Waals surface area contributed by atoms with Crippen LogP contribution in [0.15, 0.2) is 24.3 Å². The summed E-state index contributed by atoms with van der Waals surface area (Å²) in [6.45, 7) is 0.753. The Morgan fingerprint density at radius 2 is 1.95 bits per heavy atom. The molecule has 0 bridgehead atoms. The molecule has 20 heavy (non-hydrogen) atoms. The number of nitrogens with two attached hydrogens (primary N) is 1. The molecule has 0 aliphatic heterocycles. The Bertz CT molecular complexity index is 555. The number of thiocarbonyl (C=S) groups is 1. The van der Waals surface area contributed by atoms with E-state index in [1.165, 1.54) is 6.26 Å². The molecule has 0 aromatic heterocycles. The van der Waals surface area contributed by atoms with Crippen molar-refractivity contribution in [3.63, 3.8) is 0 Å². The fraction of sp³-hybridized carbons (Fsp3) is 0.462. The molecule has 7 heteroatoms. The molecule has 5 nitrogen and oxygen atoms in total. The summed E-state index contributed by atoms with van der Waals surface area (Å²) in [7, 11) is -1.21. The number of hydrogen-bond acceptors (Lipinski definition) is 5. The molecule has 0 saturated carbocycles. The van der Waals surface area contributed by atoms with Crippen molar-refractivity contribution in [1.82, 2.24) is 4.90 Å². The Morgan fingerprint density at radius 3 is 2.40 bits per heavy atom. The molecule has 1 unspecified atom stereocenters. The van der Waals surface area contributed by atoms with Crippen molar-refractivity contribution in [3.8, 4) is 0 Å². The molecular weight excluding hydrogens is 296 g/mol. The Balaban J connectivity index is 2.57. The zero-order chi connectivity index (χ0) is 15.3. The Morgan fingerprint density at radius 1 is 1.40 bits per heavy atom. The minimum Gasteiger partial charge on any atom is -0.389 e. The van der Waals surface area contributed by atoms with E-state index in [0.717, 1.165) is 11.1 Å². The summed E-state index contributed by atoms with van der Waals surface area (Å²) in [5, 5.41) is 10.1. The molecule has 0 saturated heterocycles. The standard InChI is InChI=1S/C13H20N2O3S2/c1-15(7-8-20(2,17)18)9-12(16)10-3-5-11(6-4-10)13(14)19/h3-6,12,16H,7-9H2,1-2H3,(H2,14,19). The minimum atomic E-state index is -2.99. The van der Waals surface area contributed by atoms with E-state index in [-0.39, 0.29) is 5.75 Å². The third-order valence-electron chi connectivity index (χ3n) is 2.91. The van der Waals surface area contributed by atoms with Crippen LogP contribution in [0.5, 0.6) is 0 Å². The topological polar surface area (TPSA) is 83.6 Å². The predicted molar refractivity (Wildman–Crippen MR) is 84.5 cm³/mol. The van der Waals surface area contributed by atoms with Crippen molar-refractivity contribution in [1.29, 1.82) is 0 Å². The maximum absolute atomic E-state index is 11.1. The molecule has 0 spiro atoms. The molecule has 0 radical (unpaired) electrons. The highest BCUT2D eigenvalue weighted by Gasteiger charge is 2.12. The van der Waals surface area contributed by atoms with Crippen molar-refractivity contribution in [2.24, 2.45) is 5.73 Å². The van der Waals surface area contributed by atoms with Gasteiger partial charge in [0.1, 0.15) is 14.8 Å². The van der Waals surface area contributed by atoms with E-state index in [1.807, 2.05) is 0 Å². The Labute approximate surface area is 125 Å². The molecule has 0 fully saturated rings. The Kier molecular flexibility index (Phi) is 6.07. The van der Waals surface area contributed by atoms with Gasteiger partial charge in [0, 0.05) is 24.9 Å². The first-order chi connectivity index (χ1) is 9.19. The summed E-state index contributed by atoms with van der Waals surface area (Å²) < 4.78 is 22.2. The van der Waals surface area contributed by atoms with Gasteiger partial charge in [0.2, 0.25) is 0 Å². The van der Waals surface area contributed by atoms with E-state index in [9.17, 15) is 13.5 Å². The van der Waals surface area contributed by atoms with E-state index in [4.69, 9.17) is 18.0 Å². The smallest absolute Gasteiger partial charge is 0.148 e. The van der Waals surface area contributed by atoms with Gasteiger partial charge in [0.05, 0.1) is 11.9 Å². The van der Waals surface area contributed by atoms with Crippen LogP contribution in [0.3, 0.4) is 0 Å². The van der Waals surface area contributed by atoms with Crippen LogP contribution in [0.4, 0.5) is 0 Å². The summed E-state index contributed by atoms with van der Waals surface area (Å²) in [5.74, 6) is 0.0800. The summed E-state index contributed by atoms with van der Waals surface area (Å²) in [6, 6.07) is 7.06. The van der Waals surface area contributed by atoms with E-state index in [0.29, 0.717) is 18.1 Å². The number of nitrogens with zero attached hydrogens (tertiary/aromatic N) is 1. The number of sulfone groups is 1. The van der Waals surface area contributed by atoms with Gasteiger partial charge in [-0.05, 0) is 12.6 Å². The summed E-state index contributed by atoms with van der Waals surface area (Å²) >= 11 is 4.86. The van der Waals surface area contributed by atoms with Gasteiger partial charge in [-0.1, -0.05) is 36.5 Å². The highest BCUT2D eigenvalue weighted by molar-refractivity contribution is 7.90. The lowest BCUT2D eigenvalue weighted by Gasteiger charge is -2.20. The quantitative estimate of drug-likeness (QED) is 0.705. The molecule has 0 aliphatic rings. The van der Waals surface area contributed by atoms with Gasteiger partial charge >= 0.3 is 0 Å². The van der Waals surface area contributed by atoms with Crippen LogP contribution < -0.4 is 5.73 Å². The molecule has 1 rings (SSSR count). The molecule has 1 atom stereocenters. The molecule has 0 amide bonds. The van der Waals surface area contributed by atoms with Gasteiger partial charge in [-0.15, -0.1) is 0 Å². The SMILES string of the molecule is CN(CCS(C)(=O)=O)CC(O)c1ccc(C(N)=S)cc1. The molecule has 0 aliphatic carbocycles. The molecular formula is C13H20N2O3S2. The van der Waals surface area contributed by atoms with Crippen molar-refractivity contribution in [3.05, 3.63) is 35.4 Å². The van der Waals surface area contributed by atoms with E-state index in [1.54, 1.807) is 36.2 Å². The first kappa shape index (κ1) is 17.0. The number of aliphatic hydroxyl groups excluding tert-OH is 1. The lowest BCUT2D eigenvalue weighted by molar-refractivity contribution is 0.130. The lowest BCUT2D eigenvalue weighted by Crippen LogP contribution is -2.29. The van der Waals surface area contributed by atoms with Gasteiger partial charge < -0.3 is 15.7 Å². The van der Waals surface area contributed by atoms with Crippen LogP contribution >= 0.6 is 12.2 Å². The average molecular weight is 316 g/mol. The summed E-state index contributed by atoms with van der Waals surface area (Å²) in [5.41, 5.74) is 7.00. The van der Waals surface area contributed by atoms with Gasteiger partial charge in [-0.2, -0.15) is 0 Å². The van der Waals surface area contributed by atoms with Crippen molar-refractivity contribution in [2.45, 2.75) is 6.10 Å². The van der Waals surface area contributed by atoms with Crippen molar-refractivity contribution >= 4 is 27.0 Å². The number of hydrogen-bond donors (Lipinski definition) is 2. The average Bonchev–Trinajstić information content (AvgIpc) is 2.35. The zero-order valence-electron chi connectivity index (χ0n) is 11.6. The van der Waals surface area contributed by atoms with Crippen LogP contribution in [-0.2, 0) is 9.84 Å². The number of likely N-dealkylation sites (N-methyl/N-ethyl adjacent to an activating group) is 1. The first-order valence-electron chi connectivity index (χ1n) is 6.13. The fourth-order valence-corrected chi connectivity index (χ4v) is 2.46. The highest BCUT2D eigenvalue weighted by atomic mass is 32.2. The second kappa shape index (κ2) is 7.12. The number of rotatable bonds is 7. The summed E-state index contributed by atoms with van der Waals surface area (Å²) in [4.78, 5) is 2.10. The van der Waals surface area contributed by atoms with Crippen molar-refractivity contribution in [2.75, 3.05) is 32.1 Å².